The summed E-state index contributed by atoms with van der Waals surface area (Å²) in [7, 11) is 0. The molecule has 1 fully saturated rings. The normalized spacial score (nSPS) is 17.1. The van der Waals surface area contributed by atoms with Crippen molar-refractivity contribution >= 4 is 35.0 Å². The first-order valence-electron chi connectivity index (χ1n) is 6.25. The molecule has 1 aliphatic rings. The predicted molar refractivity (Wildman–Crippen MR) is 77.9 cm³/mol. The standard InChI is InChI=1S/C15H13NO4S/c17-13(18)9-10-16-14(19)12(21-15(16)20)8-4-7-11-5-2-1-3-6-11/h1-8H,9-10H2,(H,17,18)/p-1. The second kappa shape index (κ2) is 6.90. The molecule has 6 heteroatoms. The summed E-state index contributed by atoms with van der Waals surface area (Å²) in [6, 6.07) is 9.52. The van der Waals surface area contributed by atoms with Gasteiger partial charge in [-0.1, -0.05) is 42.5 Å². The van der Waals surface area contributed by atoms with E-state index in [2.05, 4.69) is 0 Å². The molecule has 0 saturated carbocycles. The molecule has 0 bridgehead atoms. The number of rotatable bonds is 5. The van der Waals surface area contributed by atoms with Gasteiger partial charge in [-0.15, -0.1) is 0 Å². The minimum absolute atomic E-state index is 0.160. The Hall–Kier alpha value is -2.34. The molecule has 5 nitrogen and oxygen atoms in total. The number of hydrogen-bond acceptors (Lipinski definition) is 5. The number of carbonyl (C=O) groups excluding carboxylic acids is 3. The summed E-state index contributed by atoms with van der Waals surface area (Å²) in [5.74, 6) is -1.76. The van der Waals surface area contributed by atoms with Crippen molar-refractivity contribution in [2.75, 3.05) is 6.54 Å². The van der Waals surface area contributed by atoms with Gasteiger partial charge in [-0.05, 0) is 23.4 Å². The first-order chi connectivity index (χ1) is 10.1. The van der Waals surface area contributed by atoms with Crippen molar-refractivity contribution in [3.05, 3.63) is 53.0 Å². The molecule has 0 radical (unpaired) electrons. The number of thioether (sulfide) groups is 1. The molecule has 2 rings (SSSR count). The number of allylic oxidation sites excluding steroid dienone is 2. The van der Waals surface area contributed by atoms with Crippen LogP contribution in [0.5, 0.6) is 0 Å². The third-order valence-electron chi connectivity index (χ3n) is 2.75. The van der Waals surface area contributed by atoms with Gasteiger partial charge >= 0.3 is 0 Å². The van der Waals surface area contributed by atoms with Crippen LogP contribution in [0.3, 0.4) is 0 Å². The van der Waals surface area contributed by atoms with Crippen LogP contribution in [-0.2, 0) is 9.59 Å². The van der Waals surface area contributed by atoms with E-state index < -0.39 is 17.1 Å². The molecule has 0 aromatic heterocycles. The Labute approximate surface area is 125 Å². The van der Waals surface area contributed by atoms with Crippen molar-refractivity contribution in [1.29, 1.82) is 0 Å². The highest BCUT2D eigenvalue weighted by Crippen LogP contribution is 2.30. The van der Waals surface area contributed by atoms with Crippen LogP contribution in [0, 0.1) is 0 Å². The molecule has 0 N–H and O–H groups in total. The molecule has 2 amide bonds. The summed E-state index contributed by atoms with van der Waals surface area (Å²) in [6.45, 7) is -0.160. The first kappa shape index (κ1) is 15.1. The van der Waals surface area contributed by atoms with Crippen LogP contribution in [0.2, 0.25) is 0 Å². The van der Waals surface area contributed by atoms with Crippen LogP contribution < -0.4 is 5.11 Å². The quantitative estimate of drug-likeness (QED) is 0.769. The fraction of sp³-hybridized carbons (Fsp3) is 0.133. The zero-order chi connectivity index (χ0) is 15.2. The molecule has 0 aliphatic carbocycles. The number of carbonyl (C=O) groups is 3. The Morgan fingerprint density at radius 2 is 1.95 bits per heavy atom. The monoisotopic (exact) mass is 302 g/mol. The first-order valence-corrected chi connectivity index (χ1v) is 7.06. The molecule has 0 unspecified atom stereocenters. The molecule has 108 valence electrons. The van der Waals surface area contributed by atoms with E-state index in [1.807, 2.05) is 36.4 Å². The minimum atomic E-state index is -1.29. The molecule has 0 spiro atoms. The largest absolute Gasteiger partial charge is 0.550 e. The number of hydrogen-bond donors (Lipinski definition) is 0. The van der Waals surface area contributed by atoms with Gasteiger partial charge in [0.1, 0.15) is 0 Å². The smallest absolute Gasteiger partial charge is 0.293 e. The second-order valence-electron chi connectivity index (χ2n) is 4.25. The number of nitrogens with zero attached hydrogens (tertiary/aromatic N) is 1. The van der Waals surface area contributed by atoms with E-state index in [1.165, 1.54) is 0 Å². The average molecular weight is 302 g/mol. The van der Waals surface area contributed by atoms with E-state index >= 15 is 0 Å². The number of aliphatic carboxylic acids is 1. The molecule has 1 aliphatic heterocycles. The minimum Gasteiger partial charge on any atom is -0.550 e. The lowest BCUT2D eigenvalue weighted by atomic mass is 10.2. The van der Waals surface area contributed by atoms with Gasteiger partial charge in [0.25, 0.3) is 11.1 Å². The number of carboxylic acid groups (broad SMARTS) is 1. The van der Waals surface area contributed by atoms with Crippen molar-refractivity contribution in [3.8, 4) is 0 Å². The van der Waals surface area contributed by atoms with E-state index in [-0.39, 0.29) is 17.9 Å². The topological polar surface area (TPSA) is 77.5 Å². The maximum Gasteiger partial charge on any atom is 0.293 e. The molecule has 0 atom stereocenters. The zero-order valence-electron chi connectivity index (χ0n) is 11.0. The average Bonchev–Trinajstić information content (AvgIpc) is 2.72. The Morgan fingerprint density at radius 1 is 1.24 bits per heavy atom. The number of carboxylic acids is 1. The molecule has 1 saturated heterocycles. The van der Waals surface area contributed by atoms with Gasteiger partial charge in [-0.25, -0.2) is 0 Å². The fourth-order valence-electron chi connectivity index (χ4n) is 1.72. The zero-order valence-corrected chi connectivity index (χ0v) is 11.8. The number of benzene rings is 1. The summed E-state index contributed by atoms with van der Waals surface area (Å²) in [4.78, 5) is 35.2. The summed E-state index contributed by atoms with van der Waals surface area (Å²) >= 11 is 0.803. The van der Waals surface area contributed by atoms with Crippen LogP contribution in [0.15, 0.2) is 47.4 Å². The van der Waals surface area contributed by atoms with Crippen LogP contribution in [-0.4, -0.2) is 28.6 Å². The Balaban J connectivity index is 2.03. The maximum absolute atomic E-state index is 11.9. The molecule has 21 heavy (non-hydrogen) atoms. The van der Waals surface area contributed by atoms with E-state index in [0.717, 1.165) is 22.2 Å². The Kier molecular flexibility index (Phi) is 4.94. The van der Waals surface area contributed by atoms with Crippen molar-refractivity contribution in [2.24, 2.45) is 0 Å². The number of imide groups is 1. The highest BCUT2D eigenvalue weighted by molar-refractivity contribution is 8.18. The maximum atomic E-state index is 11.9. The van der Waals surface area contributed by atoms with E-state index in [1.54, 1.807) is 12.2 Å². The van der Waals surface area contributed by atoms with E-state index in [4.69, 9.17) is 0 Å². The van der Waals surface area contributed by atoms with E-state index in [9.17, 15) is 19.5 Å². The third-order valence-corrected chi connectivity index (χ3v) is 3.67. The molecule has 1 heterocycles. The summed E-state index contributed by atoms with van der Waals surface area (Å²) < 4.78 is 0. The van der Waals surface area contributed by atoms with Gasteiger partial charge in [0.15, 0.2) is 0 Å². The van der Waals surface area contributed by atoms with Crippen LogP contribution >= 0.6 is 11.8 Å². The lowest BCUT2D eigenvalue weighted by molar-refractivity contribution is -0.305. The van der Waals surface area contributed by atoms with Gasteiger partial charge < -0.3 is 9.90 Å². The Bertz CT molecular complexity index is 622. The van der Waals surface area contributed by atoms with Gasteiger partial charge in [-0.3, -0.25) is 14.5 Å². The van der Waals surface area contributed by atoms with Crippen LogP contribution in [0.1, 0.15) is 12.0 Å². The lowest BCUT2D eigenvalue weighted by Gasteiger charge is -2.11. The summed E-state index contributed by atoms with van der Waals surface area (Å²) in [5.41, 5.74) is 0.977. The molecule has 1 aromatic carbocycles. The summed E-state index contributed by atoms with van der Waals surface area (Å²) in [6.07, 6.45) is 4.70. The number of amides is 2. The second-order valence-corrected chi connectivity index (χ2v) is 5.24. The van der Waals surface area contributed by atoms with Gasteiger partial charge in [0.05, 0.1) is 4.91 Å². The van der Waals surface area contributed by atoms with E-state index in [0.29, 0.717) is 0 Å². The molecule has 1 aromatic rings. The van der Waals surface area contributed by atoms with Crippen molar-refractivity contribution < 1.29 is 19.5 Å². The summed E-state index contributed by atoms with van der Waals surface area (Å²) in [5, 5.41) is 9.93. The highest BCUT2D eigenvalue weighted by Gasteiger charge is 2.34. The van der Waals surface area contributed by atoms with Crippen molar-refractivity contribution in [1.82, 2.24) is 4.90 Å². The van der Waals surface area contributed by atoms with Gasteiger partial charge in [-0.2, -0.15) is 0 Å². The lowest BCUT2D eigenvalue weighted by Crippen LogP contribution is -2.33. The fourth-order valence-corrected chi connectivity index (χ4v) is 2.54. The Morgan fingerprint density at radius 3 is 2.62 bits per heavy atom. The van der Waals surface area contributed by atoms with Crippen LogP contribution in [0.4, 0.5) is 4.79 Å². The van der Waals surface area contributed by atoms with Crippen molar-refractivity contribution in [3.63, 3.8) is 0 Å². The van der Waals surface area contributed by atoms with Crippen LogP contribution in [0.25, 0.3) is 6.08 Å². The molecular weight excluding hydrogens is 290 g/mol. The highest BCUT2D eigenvalue weighted by atomic mass is 32.2. The third kappa shape index (κ3) is 4.06. The predicted octanol–water partition coefficient (Wildman–Crippen LogP) is 1.42. The van der Waals surface area contributed by atoms with Gasteiger partial charge in [0, 0.05) is 18.9 Å². The molecular formula is C15H12NO4S-. The SMILES string of the molecule is O=C([O-])CCN1C(=O)SC(=CC=Cc2ccccc2)C1=O. The van der Waals surface area contributed by atoms with Gasteiger partial charge in [0.2, 0.25) is 0 Å². The van der Waals surface area contributed by atoms with Crippen molar-refractivity contribution in [2.45, 2.75) is 6.42 Å².